The van der Waals surface area contributed by atoms with Gasteiger partial charge in [0.2, 0.25) is 10.0 Å². The first-order valence-electron chi connectivity index (χ1n) is 7.83. The number of nitrogens with zero attached hydrogens (tertiary/aromatic N) is 4. The molecule has 0 radical (unpaired) electrons. The maximum atomic E-state index is 12.3. The van der Waals surface area contributed by atoms with Crippen LogP contribution in [0.3, 0.4) is 0 Å². The average molecular weight is 357 g/mol. The number of aromatic nitrogens is 4. The molecule has 0 saturated heterocycles. The molecule has 0 spiro atoms. The van der Waals surface area contributed by atoms with Crippen LogP contribution >= 0.6 is 0 Å². The third-order valence-electron chi connectivity index (χ3n) is 3.64. The highest BCUT2D eigenvalue weighted by atomic mass is 32.2. The number of hydrogen-bond acceptors (Lipinski definition) is 5. The first-order valence-corrected chi connectivity index (χ1v) is 9.48. The molecule has 0 bridgehead atoms. The van der Waals surface area contributed by atoms with Crippen LogP contribution in [0.5, 0.6) is 0 Å². The monoisotopic (exact) mass is 357 g/mol. The zero-order valence-corrected chi connectivity index (χ0v) is 14.9. The number of sulfonamides is 1. The zero-order valence-electron chi connectivity index (χ0n) is 14.0. The Morgan fingerprint density at radius 1 is 1.08 bits per heavy atom. The molecule has 2 heterocycles. The molecule has 1 N–H and O–H groups in total. The molecule has 0 unspecified atom stereocenters. The van der Waals surface area contributed by atoms with Gasteiger partial charge >= 0.3 is 0 Å². The number of rotatable bonds is 6. The highest BCUT2D eigenvalue weighted by Gasteiger charge is 2.13. The minimum atomic E-state index is -3.51. The van der Waals surface area contributed by atoms with Gasteiger partial charge in [0.25, 0.3) is 0 Å². The summed E-state index contributed by atoms with van der Waals surface area (Å²) in [4.78, 5) is 8.16. The zero-order chi connectivity index (χ0) is 17.9. The maximum Gasteiger partial charge on any atom is 0.234 e. The molecular weight excluding hydrogens is 338 g/mol. The SMILES string of the molecule is Cc1cc(C)n(-c2cc(NS(=O)(=O)CCc3ccccc3)ncn2)n1. The van der Waals surface area contributed by atoms with E-state index in [0.717, 1.165) is 17.0 Å². The molecule has 7 nitrogen and oxygen atoms in total. The van der Waals surface area contributed by atoms with E-state index in [1.54, 1.807) is 10.7 Å². The van der Waals surface area contributed by atoms with Crippen LogP contribution in [0.4, 0.5) is 5.82 Å². The third-order valence-corrected chi connectivity index (χ3v) is 4.90. The Morgan fingerprint density at radius 2 is 1.84 bits per heavy atom. The minimum absolute atomic E-state index is 0.0176. The minimum Gasteiger partial charge on any atom is -0.267 e. The van der Waals surface area contributed by atoms with Gasteiger partial charge < -0.3 is 0 Å². The normalized spacial score (nSPS) is 11.4. The van der Waals surface area contributed by atoms with Crippen molar-refractivity contribution in [2.75, 3.05) is 10.5 Å². The fourth-order valence-corrected chi connectivity index (χ4v) is 3.52. The average Bonchev–Trinajstić information content (AvgIpc) is 2.92. The summed E-state index contributed by atoms with van der Waals surface area (Å²) in [5, 5.41) is 4.34. The van der Waals surface area contributed by atoms with E-state index in [1.165, 1.54) is 6.33 Å². The fraction of sp³-hybridized carbons (Fsp3) is 0.235. The van der Waals surface area contributed by atoms with E-state index >= 15 is 0 Å². The lowest BCUT2D eigenvalue weighted by Crippen LogP contribution is -2.19. The summed E-state index contributed by atoms with van der Waals surface area (Å²) in [7, 11) is -3.51. The smallest absolute Gasteiger partial charge is 0.234 e. The number of nitrogens with one attached hydrogen (secondary N) is 1. The van der Waals surface area contributed by atoms with Crippen molar-refractivity contribution >= 4 is 15.8 Å². The van der Waals surface area contributed by atoms with E-state index in [9.17, 15) is 8.42 Å². The van der Waals surface area contributed by atoms with E-state index in [0.29, 0.717) is 12.2 Å². The van der Waals surface area contributed by atoms with Gasteiger partial charge in [0.1, 0.15) is 12.1 Å². The number of anilines is 1. The number of benzene rings is 1. The fourth-order valence-electron chi connectivity index (χ4n) is 2.49. The van der Waals surface area contributed by atoms with Crippen LogP contribution in [0, 0.1) is 13.8 Å². The second kappa shape index (κ2) is 7.02. The predicted octanol–water partition coefficient (Wildman–Crippen LogP) is 2.26. The predicted molar refractivity (Wildman–Crippen MR) is 96.2 cm³/mol. The van der Waals surface area contributed by atoms with Crippen molar-refractivity contribution < 1.29 is 8.42 Å². The second-order valence-corrected chi connectivity index (χ2v) is 7.60. The molecule has 0 aliphatic heterocycles. The topological polar surface area (TPSA) is 89.8 Å². The van der Waals surface area contributed by atoms with E-state index in [1.807, 2.05) is 50.2 Å². The van der Waals surface area contributed by atoms with Gasteiger partial charge in [-0.25, -0.2) is 23.1 Å². The van der Waals surface area contributed by atoms with Gasteiger partial charge in [-0.2, -0.15) is 5.10 Å². The van der Waals surface area contributed by atoms with Crippen molar-refractivity contribution in [3.63, 3.8) is 0 Å². The Balaban J connectivity index is 1.74. The lowest BCUT2D eigenvalue weighted by atomic mass is 10.2. The highest BCUT2D eigenvalue weighted by molar-refractivity contribution is 7.92. The quantitative estimate of drug-likeness (QED) is 0.731. The van der Waals surface area contributed by atoms with Crippen LogP contribution in [-0.2, 0) is 16.4 Å². The van der Waals surface area contributed by atoms with Crippen molar-refractivity contribution in [1.29, 1.82) is 0 Å². The van der Waals surface area contributed by atoms with Crippen LogP contribution in [0.25, 0.3) is 5.82 Å². The van der Waals surface area contributed by atoms with Crippen molar-refractivity contribution in [2.45, 2.75) is 20.3 Å². The maximum absolute atomic E-state index is 12.3. The summed E-state index contributed by atoms with van der Waals surface area (Å²) in [6.45, 7) is 3.80. The molecule has 0 aliphatic carbocycles. The lowest BCUT2D eigenvalue weighted by Gasteiger charge is -2.09. The molecule has 1 aromatic carbocycles. The summed E-state index contributed by atoms with van der Waals surface area (Å²) in [6, 6.07) is 13.0. The summed E-state index contributed by atoms with van der Waals surface area (Å²) in [5.41, 5.74) is 2.74. The molecule has 0 aliphatic rings. The van der Waals surface area contributed by atoms with Crippen LogP contribution in [0.2, 0.25) is 0 Å². The van der Waals surface area contributed by atoms with Gasteiger partial charge in [-0.3, -0.25) is 4.72 Å². The van der Waals surface area contributed by atoms with E-state index < -0.39 is 10.0 Å². The summed E-state index contributed by atoms with van der Waals surface area (Å²) in [5.74, 6) is 0.725. The Bertz CT molecular complexity index is 968. The van der Waals surface area contributed by atoms with Gasteiger partial charge in [0.05, 0.1) is 11.4 Å². The first-order chi connectivity index (χ1) is 11.9. The third kappa shape index (κ3) is 4.42. The largest absolute Gasteiger partial charge is 0.267 e. The molecule has 0 fully saturated rings. The molecule has 8 heteroatoms. The molecule has 0 amide bonds. The molecular formula is C17H19N5O2S. The Kier molecular flexibility index (Phi) is 4.80. The number of aryl methyl sites for hydroxylation is 3. The van der Waals surface area contributed by atoms with Crippen molar-refractivity contribution in [2.24, 2.45) is 0 Å². The van der Waals surface area contributed by atoms with E-state index in [-0.39, 0.29) is 11.6 Å². The Morgan fingerprint density at radius 3 is 2.52 bits per heavy atom. The molecule has 25 heavy (non-hydrogen) atoms. The van der Waals surface area contributed by atoms with Gasteiger partial charge in [-0.15, -0.1) is 0 Å². The van der Waals surface area contributed by atoms with Crippen LogP contribution in [0.1, 0.15) is 17.0 Å². The van der Waals surface area contributed by atoms with E-state index in [4.69, 9.17) is 0 Å². The Labute approximate surface area is 146 Å². The van der Waals surface area contributed by atoms with E-state index in [2.05, 4.69) is 19.8 Å². The molecule has 130 valence electrons. The van der Waals surface area contributed by atoms with Gasteiger partial charge in [0, 0.05) is 11.8 Å². The summed E-state index contributed by atoms with van der Waals surface area (Å²) < 4.78 is 28.8. The summed E-state index contributed by atoms with van der Waals surface area (Å²) >= 11 is 0. The molecule has 3 aromatic rings. The van der Waals surface area contributed by atoms with Gasteiger partial charge in [-0.05, 0) is 31.9 Å². The molecule has 2 aromatic heterocycles. The standard InChI is InChI=1S/C17H19N5O2S/c1-13-10-14(2)22(20-13)17-11-16(18-12-19-17)21-25(23,24)9-8-15-6-4-3-5-7-15/h3-7,10-12H,8-9H2,1-2H3,(H,18,19,21). The molecule has 3 rings (SSSR count). The van der Waals surface area contributed by atoms with Crippen molar-refractivity contribution in [3.8, 4) is 5.82 Å². The van der Waals surface area contributed by atoms with Crippen LogP contribution < -0.4 is 4.72 Å². The van der Waals surface area contributed by atoms with Gasteiger partial charge in [-0.1, -0.05) is 30.3 Å². The van der Waals surface area contributed by atoms with Crippen LogP contribution in [0.15, 0.2) is 48.8 Å². The second-order valence-electron chi connectivity index (χ2n) is 5.76. The first kappa shape index (κ1) is 17.1. The van der Waals surface area contributed by atoms with Gasteiger partial charge in [0.15, 0.2) is 5.82 Å². The molecule has 0 saturated carbocycles. The molecule has 0 atom stereocenters. The number of hydrogen-bond donors (Lipinski definition) is 1. The highest BCUT2D eigenvalue weighted by Crippen LogP contribution is 2.13. The Hall–Kier alpha value is -2.74. The summed E-state index contributed by atoms with van der Waals surface area (Å²) in [6.07, 6.45) is 1.76. The van der Waals surface area contributed by atoms with Crippen molar-refractivity contribution in [1.82, 2.24) is 19.7 Å². The van der Waals surface area contributed by atoms with Crippen LogP contribution in [-0.4, -0.2) is 33.9 Å². The lowest BCUT2D eigenvalue weighted by molar-refractivity contribution is 0.600. The van der Waals surface area contributed by atoms with Crippen molar-refractivity contribution in [3.05, 3.63) is 65.7 Å².